The Morgan fingerprint density at radius 1 is 0.931 bits per heavy atom. The monoisotopic (exact) mass is 397 g/mol. The average molecular weight is 397 g/mol. The number of ether oxygens (including phenoxy) is 1. The second-order valence-electron chi connectivity index (χ2n) is 6.46. The van der Waals surface area contributed by atoms with Crippen LogP contribution in [0, 0.1) is 0 Å². The molecule has 0 aliphatic carbocycles. The molecule has 0 heterocycles. The Hall–Kier alpha value is -3.35. The summed E-state index contributed by atoms with van der Waals surface area (Å²) in [4.78, 5) is 35.6. The van der Waals surface area contributed by atoms with E-state index in [-0.39, 0.29) is 30.9 Å². The summed E-state index contributed by atoms with van der Waals surface area (Å²) in [6, 6.07) is 15.7. The highest BCUT2D eigenvalue weighted by molar-refractivity contribution is 5.93. The number of hydrogen-bond acceptors (Lipinski definition) is 4. The van der Waals surface area contributed by atoms with Crippen LogP contribution in [0.15, 0.2) is 54.6 Å². The van der Waals surface area contributed by atoms with Crippen LogP contribution in [0.4, 0.5) is 10.5 Å². The third-order valence-electron chi connectivity index (χ3n) is 4.07. The van der Waals surface area contributed by atoms with Gasteiger partial charge in [0.2, 0.25) is 5.91 Å². The van der Waals surface area contributed by atoms with E-state index in [9.17, 15) is 14.4 Å². The van der Waals surface area contributed by atoms with Gasteiger partial charge < -0.3 is 20.7 Å². The van der Waals surface area contributed by atoms with Crippen molar-refractivity contribution in [3.63, 3.8) is 0 Å². The first-order chi connectivity index (χ1) is 14.1. The molecule has 29 heavy (non-hydrogen) atoms. The lowest BCUT2D eigenvalue weighted by molar-refractivity contribution is -0.116. The zero-order chi connectivity index (χ0) is 20.9. The number of urea groups is 1. The van der Waals surface area contributed by atoms with Gasteiger partial charge >= 0.3 is 12.0 Å². The Balaban J connectivity index is 1.65. The van der Waals surface area contributed by atoms with Gasteiger partial charge in [-0.05, 0) is 36.2 Å². The molecule has 0 aliphatic rings. The number of anilines is 1. The highest BCUT2D eigenvalue weighted by Crippen LogP contribution is 2.11. The highest BCUT2D eigenvalue weighted by Gasteiger charge is 2.08. The summed E-state index contributed by atoms with van der Waals surface area (Å²) in [7, 11) is 0. The largest absolute Gasteiger partial charge is 0.462 e. The summed E-state index contributed by atoms with van der Waals surface area (Å²) in [5, 5.41) is 8.11. The topological polar surface area (TPSA) is 96.5 Å². The molecule has 0 aromatic heterocycles. The van der Waals surface area contributed by atoms with Gasteiger partial charge in [-0.1, -0.05) is 43.7 Å². The zero-order valence-corrected chi connectivity index (χ0v) is 16.6. The molecule has 0 fully saturated rings. The van der Waals surface area contributed by atoms with E-state index in [2.05, 4.69) is 16.0 Å². The van der Waals surface area contributed by atoms with Crippen molar-refractivity contribution in [3.05, 3.63) is 65.7 Å². The number of rotatable bonds is 10. The van der Waals surface area contributed by atoms with Crippen molar-refractivity contribution in [1.82, 2.24) is 10.6 Å². The lowest BCUT2D eigenvalue weighted by Gasteiger charge is -2.09. The van der Waals surface area contributed by atoms with Gasteiger partial charge in [0.05, 0.1) is 12.2 Å². The van der Waals surface area contributed by atoms with Crippen molar-refractivity contribution in [2.75, 3.05) is 18.5 Å². The molecule has 2 aromatic carbocycles. The number of benzene rings is 2. The van der Waals surface area contributed by atoms with Gasteiger partial charge in [-0.3, -0.25) is 4.79 Å². The number of carbonyl (C=O) groups excluding carboxylic acids is 3. The molecule has 0 radical (unpaired) electrons. The number of amides is 3. The van der Waals surface area contributed by atoms with Crippen LogP contribution in [-0.4, -0.2) is 31.1 Å². The van der Waals surface area contributed by atoms with E-state index in [0.717, 1.165) is 18.4 Å². The van der Waals surface area contributed by atoms with Crippen LogP contribution in [0.3, 0.4) is 0 Å². The molecular weight excluding hydrogens is 370 g/mol. The molecule has 0 saturated carbocycles. The quantitative estimate of drug-likeness (QED) is 0.422. The number of hydrogen-bond donors (Lipinski definition) is 3. The second kappa shape index (κ2) is 12.2. The molecule has 2 aromatic rings. The van der Waals surface area contributed by atoms with E-state index in [4.69, 9.17) is 4.74 Å². The number of nitrogens with one attached hydrogen (secondary N) is 3. The van der Waals surface area contributed by atoms with Crippen LogP contribution in [0.25, 0.3) is 0 Å². The molecule has 7 nitrogen and oxygen atoms in total. The molecule has 0 spiro atoms. The van der Waals surface area contributed by atoms with E-state index < -0.39 is 0 Å². The van der Waals surface area contributed by atoms with Crippen LogP contribution in [0.5, 0.6) is 0 Å². The van der Waals surface area contributed by atoms with Crippen LogP contribution >= 0.6 is 0 Å². The fourth-order valence-electron chi connectivity index (χ4n) is 2.44. The second-order valence-corrected chi connectivity index (χ2v) is 6.46. The molecule has 2 rings (SSSR count). The molecule has 0 bridgehead atoms. The maximum Gasteiger partial charge on any atom is 0.338 e. The fraction of sp³-hybridized carbons (Fsp3) is 0.318. The predicted molar refractivity (Wildman–Crippen MR) is 112 cm³/mol. The smallest absolute Gasteiger partial charge is 0.338 e. The SMILES string of the molecule is CCCCOC(=O)c1ccc(NC(=O)CCNC(=O)NCc2ccccc2)cc1. The van der Waals surface area contributed by atoms with E-state index in [1.807, 2.05) is 37.3 Å². The molecule has 3 N–H and O–H groups in total. The van der Waals surface area contributed by atoms with Gasteiger partial charge in [-0.25, -0.2) is 9.59 Å². The summed E-state index contributed by atoms with van der Waals surface area (Å²) < 4.78 is 5.14. The van der Waals surface area contributed by atoms with Crippen molar-refractivity contribution in [2.24, 2.45) is 0 Å². The van der Waals surface area contributed by atoms with Crippen LogP contribution < -0.4 is 16.0 Å². The Morgan fingerprint density at radius 3 is 2.34 bits per heavy atom. The Morgan fingerprint density at radius 2 is 1.66 bits per heavy atom. The summed E-state index contributed by atoms with van der Waals surface area (Å²) in [5.74, 6) is -0.603. The van der Waals surface area contributed by atoms with Crippen molar-refractivity contribution >= 4 is 23.6 Å². The molecular formula is C22H27N3O4. The van der Waals surface area contributed by atoms with E-state index in [0.29, 0.717) is 24.4 Å². The zero-order valence-electron chi connectivity index (χ0n) is 16.6. The third-order valence-corrected chi connectivity index (χ3v) is 4.07. The molecule has 0 atom stereocenters. The first-order valence-corrected chi connectivity index (χ1v) is 9.71. The van der Waals surface area contributed by atoms with Crippen molar-refractivity contribution in [2.45, 2.75) is 32.7 Å². The standard InChI is InChI=1S/C22H27N3O4/c1-2-3-15-29-21(27)18-9-11-19(12-10-18)25-20(26)13-14-23-22(28)24-16-17-7-5-4-6-8-17/h4-12H,2-3,13-16H2,1H3,(H,25,26)(H2,23,24,28). The molecule has 3 amide bonds. The first-order valence-electron chi connectivity index (χ1n) is 9.71. The van der Waals surface area contributed by atoms with Crippen molar-refractivity contribution < 1.29 is 19.1 Å². The number of esters is 1. The minimum Gasteiger partial charge on any atom is -0.462 e. The Kier molecular flexibility index (Phi) is 9.21. The molecule has 7 heteroatoms. The van der Waals surface area contributed by atoms with Crippen LogP contribution in [0.1, 0.15) is 42.1 Å². The summed E-state index contributed by atoms with van der Waals surface area (Å²) in [5.41, 5.74) is 2.02. The predicted octanol–water partition coefficient (Wildman–Crippen LogP) is 3.47. The Bertz CT molecular complexity index is 791. The number of unbranched alkanes of at least 4 members (excludes halogenated alkanes) is 1. The van der Waals surface area contributed by atoms with E-state index >= 15 is 0 Å². The van der Waals surface area contributed by atoms with Gasteiger partial charge in [0.15, 0.2) is 0 Å². The molecule has 0 unspecified atom stereocenters. The summed E-state index contributed by atoms with van der Waals surface area (Å²) >= 11 is 0. The van der Waals surface area contributed by atoms with Gasteiger partial charge in [-0.15, -0.1) is 0 Å². The van der Waals surface area contributed by atoms with Gasteiger partial charge in [0.25, 0.3) is 0 Å². The third kappa shape index (κ3) is 8.47. The van der Waals surface area contributed by atoms with Gasteiger partial charge in [0.1, 0.15) is 0 Å². The van der Waals surface area contributed by atoms with Gasteiger partial charge in [-0.2, -0.15) is 0 Å². The van der Waals surface area contributed by atoms with E-state index in [1.165, 1.54) is 0 Å². The summed E-state index contributed by atoms with van der Waals surface area (Å²) in [6.45, 7) is 3.07. The molecule has 154 valence electrons. The highest BCUT2D eigenvalue weighted by atomic mass is 16.5. The maximum atomic E-state index is 12.0. The van der Waals surface area contributed by atoms with Crippen LogP contribution in [0.2, 0.25) is 0 Å². The lowest BCUT2D eigenvalue weighted by Crippen LogP contribution is -2.36. The van der Waals surface area contributed by atoms with Gasteiger partial charge in [0, 0.05) is 25.2 Å². The minimum atomic E-state index is -0.373. The maximum absolute atomic E-state index is 12.0. The number of carbonyl (C=O) groups is 3. The molecule has 0 saturated heterocycles. The van der Waals surface area contributed by atoms with Crippen LogP contribution in [-0.2, 0) is 16.1 Å². The van der Waals surface area contributed by atoms with E-state index in [1.54, 1.807) is 24.3 Å². The normalized spacial score (nSPS) is 10.1. The average Bonchev–Trinajstić information content (AvgIpc) is 2.73. The minimum absolute atomic E-state index is 0.138. The molecule has 0 aliphatic heterocycles. The first kappa shape index (κ1) is 21.9. The van der Waals surface area contributed by atoms with Crippen molar-refractivity contribution in [1.29, 1.82) is 0 Å². The lowest BCUT2D eigenvalue weighted by atomic mass is 10.2. The Labute approximate surface area is 170 Å². The summed E-state index contributed by atoms with van der Waals surface area (Å²) in [6.07, 6.45) is 1.93. The van der Waals surface area contributed by atoms with Crippen molar-refractivity contribution in [3.8, 4) is 0 Å². The fourth-order valence-corrected chi connectivity index (χ4v) is 2.44.